The summed E-state index contributed by atoms with van der Waals surface area (Å²) in [4.78, 5) is 52.0. The van der Waals surface area contributed by atoms with Gasteiger partial charge in [0, 0.05) is 11.4 Å². The zero-order chi connectivity index (χ0) is 35.4. The van der Waals surface area contributed by atoms with E-state index in [0.717, 1.165) is 11.1 Å². The van der Waals surface area contributed by atoms with E-state index in [2.05, 4.69) is 0 Å². The van der Waals surface area contributed by atoms with Crippen LogP contribution in [0.2, 0.25) is 0 Å². The Balaban J connectivity index is 1.42. The van der Waals surface area contributed by atoms with Crippen LogP contribution in [0.5, 0.6) is 0 Å². The lowest BCUT2D eigenvalue weighted by molar-refractivity contribution is 0.0685. The van der Waals surface area contributed by atoms with Crippen LogP contribution in [0.3, 0.4) is 0 Å². The highest BCUT2D eigenvalue weighted by Gasteiger charge is 2.25. The highest BCUT2D eigenvalue weighted by molar-refractivity contribution is 6.03. The lowest BCUT2D eigenvalue weighted by Crippen LogP contribution is -2.17. The van der Waals surface area contributed by atoms with Crippen molar-refractivity contribution in [3.8, 4) is 11.1 Å². The molecule has 0 fully saturated rings. The first kappa shape index (κ1) is 32.7. The molecule has 0 saturated heterocycles. The lowest BCUT2D eigenvalue weighted by Gasteiger charge is -2.28. The Morgan fingerprint density at radius 2 is 0.540 bits per heavy atom. The molecule has 6 rings (SSSR count). The number of benzene rings is 6. The van der Waals surface area contributed by atoms with Gasteiger partial charge >= 0.3 is 23.9 Å². The standard InChI is InChI=1S/C40H28N2O8/c43-37(44)29-9-1-5-13-33(29)41(34-14-6-2-10-30(34)38(45)46)27-21-17-25(18-22-27)26-19-23-28(24-20-26)42(35-15-7-3-11-31(35)39(47)48)36-16-8-4-12-32(36)40(49)50/h1-24H,(H,43,44)(H,45,46)(H,47,48)(H,49,50). The van der Waals surface area contributed by atoms with Crippen molar-refractivity contribution in [2.75, 3.05) is 9.80 Å². The van der Waals surface area contributed by atoms with Crippen LogP contribution in [-0.2, 0) is 0 Å². The minimum absolute atomic E-state index is 0.00847. The summed E-state index contributed by atoms with van der Waals surface area (Å²) in [6.07, 6.45) is 0. The summed E-state index contributed by atoms with van der Waals surface area (Å²) in [7, 11) is 0. The van der Waals surface area contributed by atoms with Gasteiger partial charge in [0.05, 0.1) is 45.0 Å². The number of carboxylic acid groups (broad SMARTS) is 4. The molecule has 0 saturated carbocycles. The van der Waals surface area contributed by atoms with Gasteiger partial charge in [0.15, 0.2) is 0 Å². The fourth-order valence-electron chi connectivity index (χ4n) is 5.82. The van der Waals surface area contributed by atoms with E-state index in [-0.39, 0.29) is 45.0 Å². The van der Waals surface area contributed by atoms with Gasteiger partial charge in [-0.05, 0) is 83.9 Å². The molecule has 6 aromatic carbocycles. The molecule has 0 spiro atoms. The topological polar surface area (TPSA) is 156 Å². The summed E-state index contributed by atoms with van der Waals surface area (Å²) in [6.45, 7) is 0. The zero-order valence-corrected chi connectivity index (χ0v) is 26.2. The number of aromatic carboxylic acids is 4. The van der Waals surface area contributed by atoms with Crippen LogP contribution in [-0.4, -0.2) is 44.3 Å². The van der Waals surface area contributed by atoms with E-state index in [9.17, 15) is 39.6 Å². The molecule has 50 heavy (non-hydrogen) atoms. The number of carbonyl (C=O) groups is 4. The molecule has 4 N–H and O–H groups in total. The summed E-state index contributed by atoms with van der Waals surface area (Å²) in [5.41, 5.74) is 3.72. The molecule has 10 nitrogen and oxygen atoms in total. The normalized spacial score (nSPS) is 10.6. The van der Waals surface area contributed by atoms with Crippen molar-refractivity contribution in [3.05, 3.63) is 168 Å². The molecule has 10 heteroatoms. The second kappa shape index (κ2) is 13.9. The van der Waals surface area contributed by atoms with E-state index >= 15 is 0 Å². The van der Waals surface area contributed by atoms with E-state index in [4.69, 9.17) is 0 Å². The molecule has 0 radical (unpaired) electrons. The Kier molecular flexibility index (Phi) is 9.09. The number of nitrogens with zero attached hydrogens (tertiary/aromatic N) is 2. The number of anilines is 6. The third kappa shape index (κ3) is 6.36. The van der Waals surface area contributed by atoms with Crippen LogP contribution in [0.4, 0.5) is 34.1 Å². The molecular formula is C40H28N2O8. The van der Waals surface area contributed by atoms with Gasteiger partial charge in [-0.2, -0.15) is 0 Å². The number of carboxylic acids is 4. The Hall–Kier alpha value is -7.20. The van der Waals surface area contributed by atoms with Gasteiger partial charge in [-0.1, -0.05) is 72.8 Å². The molecule has 6 aromatic rings. The zero-order valence-electron chi connectivity index (χ0n) is 26.2. The van der Waals surface area contributed by atoms with E-state index in [1.54, 1.807) is 107 Å². The van der Waals surface area contributed by atoms with Gasteiger partial charge in [0.2, 0.25) is 0 Å². The summed E-state index contributed by atoms with van der Waals surface area (Å²) >= 11 is 0. The van der Waals surface area contributed by atoms with Gasteiger partial charge < -0.3 is 30.2 Å². The van der Waals surface area contributed by atoms with Crippen molar-refractivity contribution in [2.45, 2.75) is 0 Å². The molecule has 0 amide bonds. The second-order valence-electron chi connectivity index (χ2n) is 11.1. The molecule has 0 aliphatic carbocycles. The Morgan fingerprint density at radius 1 is 0.320 bits per heavy atom. The number of hydrogen-bond donors (Lipinski definition) is 4. The molecule has 0 unspecified atom stereocenters. The Bertz CT molecular complexity index is 1970. The molecule has 0 aliphatic rings. The average molecular weight is 665 g/mol. The third-order valence-corrected chi connectivity index (χ3v) is 8.09. The monoisotopic (exact) mass is 664 g/mol. The van der Waals surface area contributed by atoms with Crippen LogP contribution in [0, 0.1) is 0 Å². The fraction of sp³-hybridized carbons (Fsp3) is 0. The number of para-hydroxylation sites is 4. The molecule has 0 aliphatic heterocycles. The van der Waals surface area contributed by atoms with E-state index in [1.165, 1.54) is 24.3 Å². The van der Waals surface area contributed by atoms with E-state index < -0.39 is 23.9 Å². The highest BCUT2D eigenvalue weighted by Crippen LogP contribution is 2.41. The molecule has 0 bridgehead atoms. The smallest absolute Gasteiger partial charge is 0.337 e. The number of rotatable bonds is 11. The maximum Gasteiger partial charge on any atom is 0.337 e. The first-order chi connectivity index (χ1) is 24.2. The number of hydrogen-bond acceptors (Lipinski definition) is 6. The lowest BCUT2D eigenvalue weighted by atomic mass is 10.0. The molecule has 0 atom stereocenters. The van der Waals surface area contributed by atoms with Crippen LogP contribution in [0.15, 0.2) is 146 Å². The van der Waals surface area contributed by atoms with Gasteiger partial charge in [-0.3, -0.25) is 0 Å². The first-order valence-corrected chi connectivity index (χ1v) is 15.3. The second-order valence-corrected chi connectivity index (χ2v) is 11.1. The molecule has 246 valence electrons. The van der Waals surface area contributed by atoms with Crippen LogP contribution < -0.4 is 9.80 Å². The van der Waals surface area contributed by atoms with Gasteiger partial charge in [0.25, 0.3) is 0 Å². The van der Waals surface area contributed by atoms with Crippen molar-refractivity contribution in [1.29, 1.82) is 0 Å². The first-order valence-electron chi connectivity index (χ1n) is 15.3. The van der Waals surface area contributed by atoms with Gasteiger partial charge in [0.1, 0.15) is 0 Å². The van der Waals surface area contributed by atoms with Crippen molar-refractivity contribution in [3.63, 3.8) is 0 Å². The average Bonchev–Trinajstić information content (AvgIpc) is 3.13. The minimum atomic E-state index is -1.17. The third-order valence-electron chi connectivity index (χ3n) is 8.09. The van der Waals surface area contributed by atoms with Crippen LogP contribution in [0.25, 0.3) is 11.1 Å². The van der Waals surface area contributed by atoms with E-state index in [1.807, 2.05) is 24.3 Å². The fourth-order valence-corrected chi connectivity index (χ4v) is 5.82. The summed E-state index contributed by atoms with van der Waals surface area (Å²) in [5.74, 6) is -4.66. The largest absolute Gasteiger partial charge is 0.478 e. The SMILES string of the molecule is O=C(O)c1ccccc1N(c1ccc(-c2ccc(N(c3ccccc3C(=O)O)c3ccccc3C(=O)O)cc2)cc1)c1ccccc1C(=O)O. The quantitative estimate of drug-likeness (QED) is 0.105. The predicted octanol–water partition coefficient (Wildman–Crippen LogP) is 9.09. The minimum Gasteiger partial charge on any atom is -0.478 e. The Morgan fingerprint density at radius 3 is 0.760 bits per heavy atom. The molecule has 0 heterocycles. The molecule has 0 aromatic heterocycles. The van der Waals surface area contributed by atoms with E-state index in [0.29, 0.717) is 11.4 Å². The highest BCUT2D eigenvalue weighted by atomic mass is 16.4. The summed E-state index contributed by atoms with van der Waals surface area (Å²) in [5, 5.41) is 39.9. The van der Waals surface area contributed by atoms with Crippen molar-refractivity contribution in [2.24, 2.45) is 0 Å². The van der Waals surface area contributed by atoms with Crippen molar-refractivity contribution in [1.82, 2.24) is 0 Å². The molecular weight excluding hydrogens is 636 g/mol. The van der Waals surface area contributed by atoms with Crippen LogP contribution in [0.1, 0.15) is 41.4 Å². The van der Waals surface area contributed by atoms with Gasteiger partial charge in [-0.15, -0.1) is 0 Å². The summed E-state index contributed by atoms with van der Waals surface area (Å²) < 4.78 is 0. The Labute approximate surface area is 286 Å². The summed E-state index contributed by atoms with van der Waals surface area (Å²) in [6, 6.07) is 39.7. The van der Waals surface area contributed by atoms with Gasteiger partial charge in [-0.25, -0.2) is 19.2 Å². The maximum atomic E-state index is 12.2. The van der Waals surface area contributed by atoms with Crippen LogP contribution >= 0.6 is 0 Å². The predicted molar refractivity (Wildman–Crippen MR) is 189 cm³/mol. The van der Waals surface area contributed by atoms with Crippen molar-refractivity contribution >= 4 is 58.0 Å². The maximum absolute atomic E-state index is 12.2. The van der Waals surface area contributed by atoms with Crippen molar-refractivity contribution < 1.29 is 39.6 Å².